The Labute approximate surface area is 104 Å². The molecule has 0 unspecified atom stereocenters. The number of hydrogen-bond donors (Lipinski definition) is 1. The first kappa shape index (κ1) is 13.6. The number of benzene rings is 1. The van der Waals surface area contributed by atoms with Gasteiger partial charge in [0.2, 0.25) is 5.91 Å². The molecule has 0 aromatic heterocycles. The average molecular weight is 252 g/mol. The number of thioether (sulfide) groups is 1. The van der Waals surface area contributed by atoms with Gasteiger partial charge in [0, 0.05) is 11.4 Å². The van der Waals surface area contributed by atoms with E-state index in [4.69, 9.17) is 0 Å². The van der Waals surface area contributed by atoms with Crippen molar-refractivity contribution in [1.29, 1.82) is 0 Å². The lowest BCUT2D eigenvalue weighted by atomic mass is 10.1. The lowest BCUT2D eigenvalue weighted by Gasteiger charge is -2.06. The lowest BCUT2D eigenvalue weighted by molar-refractivity contribution is -0.301. The van der Waals surface area contributed by atoms with Gasteiger partial charge in [-0.05, 0) is 24.1 Å². The number of carboxylic acids is 1. The second kappa shape index (κ2) is 6.96. The molecule has 0 aliphatic rings. The first-order valence-corrected chi connectivity index (χ1v) is 6.43. The smallest absolute Gasteiger partial charge is 0.234 e. The Morgan fingerprint density at radius 1 is 1.24 bits per heavy atom. The highest BCUT2D eigenvalue weighted by molar-refractivity contribution is 8.00. The maximum atomic E-state index is 11.4. The predicted molar refractivity (Wildman–Crippen MR) is 66.8 cm³/mol. The maximum Gasteiger partial charge on any atom is 0.234 e. The van der Waals surface area contributed by atoms with Crippen LogP contribution in [0.2, 0.25) is 0 Å². The van der Waals surface area contributed by atoms with E-state index in [9.17, 15) is 14.7 Å². The van der Waals surface area contributed by atoms with Crippen LogP contribution in [0.1, 0.15) is 12.5 Å². The fourth-order valence-corrected chi connectivity index (χ4v) is 1.77. The molecule has 0 atom stereocenters. The minimum Gasteiger partial charge on any atom is -0.549 e. The van der Waals surface area contributed by atoms with E-state index >= 15 is 0 Å². The fourth-order valence-electron chi connectivity index (χ4n) is 1.25. The number of nitrogens with one attached hydrogen (secondary N) is 1. The second-order valence-electron chi connectivity index (χ2n) is 3.46. The van der Waals surface area contributed by atoms with Gasteiger partial charge < -0.3 is 15.2 Å². The van der Waals surface area contributed by atoms with Gasteiger partial charge >= 0.3 is 0 Å². The van der Waals surface area contributed by atoms with Crippen molar-refractivity contribution < 1.29 is 14.7 Å². The highest BCUT2D eigenvalue weighted by atomic mass is 32.2. The number of carbonyl (C=O) groups excluding carboxylic acids is 2. The zero-order chi connectivity index (χ0) is 12.7. The molecule has 17 heavy (non-hydrogen) atoms. The van der Waals surface area contributed by atoms with Crippen LogP contribution in [0, 0.1) is 0 Å². The third kappa shape index (κ3) is 5.40. The second-order valence-corrected chi connectivity index (χ2v) is 4.45. The summed E-state index contributed by atoms with van der Waals surface area (Å²) >= 11 is 1.02. The van der Waals surface area contributed by atoms with Gasteiger partial charge in [-0.2, -0.15) is 0 Å². The Kier molecular flexibility index (Phi) is 5.56. The summed E-state index contributed by atoms with van der Waals surface area (Å²) in [6.07, 6.45) is 0.954. The molecule has 0 aliphatic carbocycles. The fraction of sp³-hybridized carbons (Fsp3) is 0.333. The van der Waals surface area contributed by atoms with Gasteiger partial charge in [0.25, 0.3) is 0 Å². The van der Waals surface area contributed by atoms with Crippen LogP contribution in [0.3, 0.4) is 0 Å². The van der Waals surface area contributed by atoms with E-state index in [0.29, 0.717) is 0 Å². The Hall–Kier alpha value is -1.49. The van der Waals surface area contributed by atoms with E-state index in [1.165, 1.54) is 5.56 Å². The zero-order valence-electron chi connectivity index (χ0n) is 9.56. The highest BCUT2D eigenvalue weighted by Gasteiger charge is 2.02. The molecule has 1 rings (SSSR count). The van der Waals surface area contributed by atoms with Crippen LogP contribution in [-0.4, -0.2) is 23.4 Å². The van der Waals surface area contributed by atoms with Crippen molar-refractivity contribution in [2.75, 3.05) is 16.8 Å². The molecular weight excluding hydrogens is 238 g/mol. The van der Waals surface area contributed by atoms with E-state index in [-0.39, 0.29) is 17.4 Å². The number of rotatable bonds is 6. The Balaban J connectivity index is 2.37. The molecule has 0 radical (unpaired) electrons. The van der Waals surface area contributed by atoms with Crippen LogP contribution >= 0.6 is 11.8 Å². The summed E-state index contributed by atoms with van der Waals surface area (Å²) in [7, 11) is 0. The van der Waals surface area contributed by atoms with Gasteiger partial charge in [0.1, 0.15) is 0 Å². The van der Waals surface area contributed by atoms with Crippen molar-refractivity contribution in [3.63, 3.8) is 0 Å². The van der Waals surface area contributed by atoms with Crippen LogP contribution in [0.4, 0.5) is 5.69 Å². The Bertz CT molecular complexity index is 389. The molecule has 0 heterocycles. The van der Waals surface area contributed by atoms with Crippen molar-refractivity contribution in [2.24, 2.45) is 0 Å². The summed E-state index contributed by atoms with van der Waals surface area (Å²) in [6.45, 7) is 2.06. The van der Waals surface area contributed by atoms with Gasteiger partial charge in [-0.25, -0.2) is 0 Å². The topological polar surface area (TPSA) is 69.2 Å². The summed E-state index contributed by atoms with van der Waals surface area (Å²) in [5.74, 6) is -1.42. The standard InChI is InChI=1S/C12H15NO3S/c1-2-9-3-5-10(6-4-9)13-11(14)7-17-8-12(15)16/h3-6H,2,7-8H2,1H3,(H,13,14)(H,15,16)/p-1. The molecule has 1 aromatic rings. The number of aryl methyl sites for hydroxylation is 1. The van der Waals surface area contributed by atoms with Gasteiger partial charge in [-0.1, -0.05) is 19.1 Å². The molecule has 1 N–H and O–H groups in total. The third-order valence-electron chi connectivity index (χ3n) is 2.10. The number of aliphatic carboxylic acids is 1. The number of carboxylic acid groups (broad SMARTS) is 1. The minimum absolute atomic E-state index is 0.115. The molecular formula is C12H14NO3S-. The number of amides is 1. The largest absolute Gasteiger partial charge is 0.549 e. The van der Waals surface area contributed by atoms with Gasteiger partial charge in [-0.15, -0.1) is 11.8 Å². The normalized spacial score (nSPS) is 9.94. The van der Waals surface area contributed by atoms with Gasteiger partial charge in [0.05, 0.1) is 11.7 Å². The number of hydrogen-bond acceptors (Lipinski definition) is 4. The van der Waals surface area contributed by atoms with Crippen LogP contribution < -0.4 is 10.4 Å². The predicted octanol–water partition coefficient (Wildman–Crippen LogP) is 0.671. The van der Waals surface area contributed by atoms with Crippen LogP contribution in [0.15, 0.2) is 24.3 Å². The monoisotopic (exact) mass is 252 g/mol. The molecule has 0 fully saturated rings. The number of carbonyl (C=O) groups is 2. The summed E-state index contributed by atoms with van der Waals surface area (Å²) in [4.78, 5) is 21.5. The molecule has 0 saturated carbocycles. The van der Waals surface area contributed by atoms with Crippen molar-refractivity contribution in [3.8, 4) is 0 Å². The Morgan fingerprint density at radius 2 is 1.88 bits per heavy atom. The molecule has 0 aliphatic heterocycles. The highest BCUT2D eigenvalue weighted by Crippen LogP contribution is 2.10. The number of anilines is 1. The van der Waals surface area contributed by atoms with E-state index in [2.05, 4.69) is 12.2 Å². The van der Waals surface area contributed by atoms with E-state index in [0.717, 1.165) is 23.9 Å². The first-order valence-electron chi connectivity index (χ1n) is 5.28. The minimum atomic E-state index is -1.16. The van der Waals surface area contributed by atoms with Crippen molar-refractivity contribution in [2.45, 2.75) is 13.3 Å². The molecule has 0 bridgehead atoms. The van der Waals surface area contributed by atoms with E-state index < -0.39 is 5.97 Å². The third-order valence-corrected chi connectivity index (χ3v) is 3.01. The van der Waals surface area contributed by atoms with E-state index in [1.807, 2.05) is 24.3 Å². The molecule has 0 spiro atoms. The SMILES string of the molecule is CCc1ccc(NC(=O)CSCC(=O)[O-])cc1. The van der Waals surface area contributed by atoms with Crippen LogP contribution in [-0.2, 0) is 16.0 Å². The van der Waals surface area contributed by atoms with Gasteiger partial charge in [0.15, 0.2) is 0 Å². The van der Waals surface area contributed by atoms with E-state index in [1.54, 1.807) is 0 Å². The molecule has 92 valence electrons. The van der Waals surface area contributed by atoms with Crippen LogP contribution in [0.25, 0.3) is 0 Å². The lowest BCUT2D eigenvalue weighted by Crippen LogP contribution is -2.25. The quantitative estimate of drug-likeness (QED) is 0.808. The average Bonchev–Trinajstić information content (AvgIpc) is 2.29. The Morgan fingerprint density at radius 3 is 2.41 bits per heavy atom. The van der Waals surface area contributed by atoms with Crippen molar-refractivity contribution >= 4 is 29.3 Å². The summed E-state index contributed by atoms with van der Waals surface area (Å²) in [5, 5.41) is 12.8. The zero-order valence-corrected chi connectivity index (χ0v) is 10.4. The molecule has 5 heteroatoms. The summed E-state index contributed by atoms with van der Waals surface area (Å²) in [5.41, 5.74) is 1.93. The maximum absolute atomic E-state index is 11.4. The first-order chi connectivity index (χ1) is 8.11. The molecule has 1 amide bonds. The van der Waals surface area contributed by atoms with Crippen molar-refractivity contribution in [3.05, 3.63) is 29.8 Å². The van der Waals surface area contributed by atoms with Crippen LogP contribution in [0.5, 0.6) is 0 Å². The van der Waals surface area contributed by atoms with Crippen molar-refractivity contribution in [1.82, 2.24) is 0 Å². The summed E-state index contributed by atoms with van der Waals surface area (Å²) < 4.78 is 0. The summed E-state index contributed by atoms with van der Waals surface area (Å²) in [6, 6.07) is 7.56. The molecule has 0 saturated heterocycles. The van der Waals surface area contributed by atoms with Gasteiger partial charge in [-0.3, -0.25) is 4.79 Å². The molecule has 4 nitrogen and oxygen atoms in total. The molecule has 1 aromatic carbocycles.